The van der Waals surface area contributed by atoms with Crippen LogP contribution in [0, 0.1) is 0 Å². The highest BCUT2D eigenvalue weighted by molar-refractivity contribution is 5.54. The minimum atomic E-state index is 0.465. The van der Waals surface area contributed by atoms with E-state index in [4.69, 9.17) is 15.2 Å². The molecule has 2 N–H and O–H groups in total. The fourth-order valence-corrected chi connectivity index (χ4v) is 2.11. The van der Waals surface area contributed by atoms with Gasteiger partial charge in [-0.1, -0.05) is 6.07 Å². The second-order valence-corrected chi connectivity index (χ2v) is 4.47. The first-order valence-corrected chi connectivity index (χ1v) is 5.95. The topological polar surface area (TPSA) is 47.7 Å². The van der Waals surface area contributed by atoms with Crippen LogP contribution in [-0.2, 0) is 11.3 Å². The lowest BCUT2D eigenvalue weighted by atomic mass is 10.1. The summed E-state index contributed by atoms with van der Waals surface area (Å²) in [5.41, 5.74) is 7.82. The van der Waals surface area contributed by atoms with Gasteiger partial charge in [0.1, 0.15) is 5.75 Å². The number of rotatable bonds is 3. The van der Waals surface area contributed by atoms with E-state index in [0.29, 0.717) is 11.7 Å². The lowest BCUT2D eigenvalue weighted by Gasteiger charge is -2.33. The van der Waals surface area contributed by atoms with Crippen LogP contribution in [0.5, 0.6) is 5.75 Å². The van der Waals surface area contributed by atoms with Gasteiger partial charge in [-0.05, 0) is 24.6 Å². The number of nitrogens with two attached hydrogens (primary N) is 1. The van der Waals surface area contributed by atoms with Gasteiger partial charge >= 0.3 is 0 Å². The van der Waals surface area contributed by atoms with Crippen LogP contribution in [0.4, 0.5) is 5.69 Å². The Labute approximate surface area is 102 Å². The predicted octanol–water partition coefficient (Wildman–Crippen LogP) is 1.50. The molecule has 2 rings (SSSR count). The Kier molecular flexibility index (Phi) is 3.86. The first kappa shape index (κ1) is 12.2. The van der Waals surface area contributed by atoms with E-state index in [-0.39, 0.29) is 0 Å². The summed E-state index contributed by atoms with van der Waals surface area (Å²) >= 11 is 0. The number of morpholine rings is 1. The van der Waals surface area contributed by atoms with Crippen LogP contribution < -0.4 is 10.5 Å². The number of hydrogen-bond acceptors (Lipinski definition) is 4. The molecule has 0 saturated carbocycles. The molecule has 1 unspecified atom stereocenters. The third-order valence-electron chi connectivity index (χ3n) is 3.19. The van der Waals surface area contributed by atoms with E-state index < -0.39 is 0 Å². The van der Waals surface area contributed by atoms with Crippen LogP contribution in [0.2, 0.25) is 0 Å². The minimum Gasteiger partial charge on any atom is -0.495 e. The van der Waals surface area contributed by atoms with E-state index in [0.717, 1.165) is 32.1 Å². The number of ether oxygens (including phenoxy) is 2. The molecule has 1 aliphatic rings. The van der Waals surface area contributed by atoms with Crippen molar-refractivity contribution in [3.05, 3.63) is 23.8 Å². The van der Waals surface area contributed by atoms with Gasteiger partial charge in [-0.3, -0.25) is 4.90 Å². The smallest absolute Gasteiger partial charge is 0.141 e. The van der Waals surface area contributed by atoms with E-state index in [1.807, 2.05) is 12.1 Å². The van der Waals surface area contributed by atoms with E-state index in [2.05, 4.69) is 17.9 Å². The minimum absolute atomic E-state index is 0.465. The number of nitrogens with zero attached hydrogens (tertiary/aromatic N) is 1. The highest BCUT2D eigenvalue weighted by Gasteiger charge is 2.18. The molecular formula is C13H20N2O2. The monoisotopic (exact) mass is 236 g/mol. The molecule has 0 radical (unpaired) electrons. The van der Waals surface area contributed by atoms with Gasteiger partial charge in [0.15, 0.2) is 0 Å². The second-order valence-electron chi connectivity index (χ2n) is 4.47. The van der Waals surface area contributed by atoms with E-state index in [9.17, 15) is 0 Å². The van der Waals surface area contributed by atoms with Crippen molar-refractivity contribution in [1.82, 2.24) is 4.90 Å². The van der Waals surface area contributed by atoms with Crippen LogP contribution in [0.25, 0.3) is 0 Å². The molecular weight excluding hydrogens is 216 g/mol. The summed E-state index contributed by atoms with van der Waals surface area (Å²) in [7, 11) is 1.63. The van der Waals surface area contributed by atoms with Crippen LogP contribution in [-0.4, -0.2) is 37.8 Å². The summed E-state index contributed by atoms with van der Waals surface area (Å²) < 4.78 is 10.6. The Morgan fingerprint density at radius 2 is 2.35 bits per heavy atom. The van der Waals surface area contributed by atoms with Crippen molar-refractivity contribution in [2.24, 2.45) is 0 Å². The molecule has 1 aliphatic heterocycles. The number of hydrogen-bond donors (Lipinski definition) is 1. The lowest BCUT2D eigenvalue weighted by molar-refractivity contribution is -0.00436. The van der Waals surface area contributed by atoms with Crippen molar-refractivity contribution in [3.8, 4) is 5.75 Å². The van der Waals surface area contributed by atoms with Gasteiger partial charge < -0.3 is 15.2 Å². The van der Waals surface area contributed by atoms with Crippen molar-refractivity contribution in [2.75, 3.05) is 32.6 Å². The van der Waals surface area contributed by atoms with Crippen molar-refractivity contribution in [1.29, 1.82) is 0 Å². The maximum Gasteiger partial charge on any atom is 0.141 e. The van der Waals surface area contributed by atoms with E-state index >= 15 is 0 Å². The SMILES string of the molecule is COc1ccc(CN2CCOCC2C)cc1N. The molecule has 1 heterocycles. The van der Waals surface area contributed by atoms with Gasteiger partial charge in [-0.15, -0.1) is 0 Å². The fraction of sp³-hybridized carbons (Fsp3) is 0.538. The Bertz CT molecular complexity index is 382. The normalized spacial score (nSPS) is 21.4. The molecule has 1 fully saturated rings. The summed E-state index contributed by atoms with van der Waals surface area (Å²) in [5.74, 6) is 0.740. The van der Waals surface area contributed by atoms with Crippen LogP contribution >= 0.6 is 0 Å². The zero-order chi connectivity index (χ0) is 12.3. The quantitative estimate of drug-likeness (QED) is 0.808. The predicted molar refractivity (Wildman–Crippen MR) is 68.1 cm³/mol. The zero-order valence-electron chi connectivity index (χ0n) is 10.5. The van der Waals surface area contributed by atoms with Gasteiger partial charge in [-0.2, -0.15) is 0 Å². The van der Waals surface area contributed by atoms with Gasteiger partial charge in [0.25, 0.3) is 0 Å². The first-order chi connectivity index (χ1) is 8.20. The molecule has 1 saturated heterocycles. The molecule has 1 aromatic carbocycles. The van der Waals surface area contributed by atoms with Crippen molar-refractivity contribution in [3.63, 3.8) is 0 Å². The molecule has 4 nitrogen and oxygen atoms in total. The maximum atomic E-state index is 5.90. The summed E-state index contributed by atoms with van der Waals surface area (Å²) in [5, 5.41) is 0. The summed E-state index contributed by atoms with van der Waals surface area (Å²) in [6.45, 7) is 5.71. The first-order valence-electron chi connectivity index (χ1n) is 5.95. The highest BCUT2D eigenvalue weighted by Crippen LogP contribution is 2.23. The lowest BCUT2D eigenvalue weighted by Crippen LogP contribution is -2.42. The standard InChI is InChI=1S/C13H20N2O2/c1-10-9-17-6-5-15(10)8-11-3-4-13(16-2)12(14)7-11/h3-4,7,10H,5-6,8-9,14H2,1-2H3. The number of benzene rings is 1. The van der Waals surface area contributed by atoms with Crippen LogP contribution in [0.1, 0.15) is 12.5 Å². The Morgan fingerprint density at radius 1 is 1.53 bits per heavy atom. The molecule has 0 bridgehead atoms. The summed E-state index contributed by atoms with van der Waals surface area (Å²) in [6, 6.07) is 6.45. The van der Waals surface area contributed by atoms with Gasteiger partial charge in [0.05, 0.1) is 26.0 Å². The van der Waals surface area contributed by atoms with Crippen molar-refractivity contribution >= 4 is 5.69 Å². The van der Waals surface area contributed by atoms with E-state index in [1.165, 1.54) is 5.56 Å². The Balaban J connectivity index is 2.05. The number of methoxy groups -OCH3 is 1. The average molecular weight is 236 g/mol. The number of nitrogen functional groups attached to an aromatic ring is 1. The van der Waals surface area contributed by atoms with Gasteiger partial charge in [-0.25, -0.2) is 0 Å². The van der Waals surface area contributed by atoms with Crippen molar-refractivity contribution in [2.45, 2.75) is 19.5 Å². The summed E-state index contributed by atoms with van der Waals surface area (Å²) in [4.78, 5) is 2.41. The second kappa shape index (κ2) is 5.38. The molecule has 0 amide bonds. The molecule has 0 spiro atoms. The molecule has 0 aromatic heterocycles. The van der Waals surface area contributed by atoms with Crippen LogP contribution in [0.15, 0.2) is 18.2 Å². The fourth-order valence-electron chi connectivity index (χ4n) is 2.11. The average Bonchev–Trinajstić information content (AvgIpc) is 2.32. The highest BCUT2D eigenvalue weighted by atomic mass is 16.5. The summed E-state index contributed by atoms with van der Waals surface area (Å²) in [6.07, 6.45) is 0. The van der Waals surface area contributed by atoms with Crippen molar-refractivity contribution < 1.29 is 9.47 Å². The van der Waals surface area contributed by atoms with E-state index in [1.54, 1.807) is 7.11 Å². The molecule has 1 atom stereocenters. The molecule has 94 valence electrons. The Morgan fingerprint density at radius 3 is 3.00 bits per heavy atom. The molecule has 4 heteroatoms. The molecule has 1 aromatic rings. The van der Waals surface area contributed by atoms with Crippen LogP contribution in [0.3, 0.4) is 0 Å². The third kappa shape index (κ3) is 2.90. The molecule has 17 heavy (non-hydrogen) atoms. The largest absolute Gasteiger partial charge is 0.495 e. The Hall–Kier alpha value is -1.26. The third-order valence-corrected chi connectivity index (χ3v) is 3.19. The number of anilines is 1. The molecule has 0 aliphatic carbocycles. The van der Waals surface area contributed by atoms with Gasteiger partial charge in [0.2, 0.25) is 0 Å². The zero-order valence-corrected chi connectivity index (χ0v) is 10.5. The maximum absolute atomic E-state index is 5.90. The van der Waals surface area contributed by atoms with Gasteiger partial charge in [0, 0.05) is 19.1 Å².